The van der Waals surface area contributed by atoms with E-state index >= 15 is 0 Å². The smallest absolute Gasteiger partial charge is 0.220 e. The van der Waals surface area contributed by atoms with Gasteiger partial charge in [-0.3, -0.25) is 8.97 Å². The molecule has 5 rings (SSSR count). The van der Waals surface area contributed by atoms with E-state index in [1.807, 2.05) is 6.07 Å². The molecule has 3 heteroatoms. The minimum absolute atomic E-state index is 0.943. The molecule has 126 valence electrons. The maximum atomic E-state index is 4.93. The van der Waals surface area contributed by atoms with Crippen LogP contribution in [0.1, 0.15) is 11.1 Å². The molecule has 0 aliphatic heterocycles. The standard InChI is InChI=1S/C23H19N3/c1-16-12-13-17(2)21(14-16)26-22(18-8-4-3-5-9-18)15-25-20-11-7-6-10-19(20)24-23(25)26/h3-15H,1-2H3. The quantitative estimate of drug-likeness (QED) is 0.413. The lowest BCUT2D eigenvalue weighted by Crippen LogP contribution is -2.01. The lowest BCUT2D eigenvalue weighted by atomic mass is 10.1. The Hall–Kier alpha value is -3.33. The second kappa shape index (κ2) is 5.60. The maximum absolute atomic E-state index is 4.93. The van der Waals surface area contributed by atoms with Crippen molar-refractivity contribution < 1.29 is 0 Å². The van der Waals surface area contributed by atoms with Crippen molar-refractivity contribution >= 4 is 16.8 Å². The van der Waals surface area contributed by atoms with Gasteiger partial charge in [-0.15, -0.1) is 0 Å². The number of fused-ring (bicyclic) bond motifs is 3. The van der Waals surface area contributed by atoms with Crippen LogP contribution in [0, 0.1) is 13.8 Å². The van der Waals surface area contributed by atoms with Gasteiger partial charge in [0.15, 0.2) is 0 Å². The Balaban J connectivity index is 1.93. The van der Waals surface area contributed by atoms with Crippen molar-refractivity contribution in [2.24, 2.45) is 0 Å². The molecule has 3 nitrogen and oxygen atoms in total. The number of hydrogen-bond acceptors (Lipinski definition) is 1. The van der Waals surface area contributed by atoms with Crippen molar-refractivity contribution in [2.45, 2.75) is 13.8 Å². The average molecular weight is 337 g/mol. The van der Waals surface area contributed by atoms with Gasteiger partial charge in [0.25, 0.3) is 0 Å². The second-order valence-corrected chi connectivity index (χ2v) is 6.78. The Kier molecular flexibility index (Phi) is 3.22. The van der Waals surface area contributed by atoms with Gasteiger partial charge < -0.3 is 0 Å². The van der Waals surface area contributed by atoms with Crippen molar-refractivity contribution in [1.29, 1.82) is 0 Å². The fraction of sp³-hybridized carbons (Fsp3) is 0.0870. The molecule has 0 unspecified atom stereocenters. The highest BCUT2D eigenvalue weighted by Gasteiger charge is 2.17. The number of para-hydroxylation sites is 2. The first-order valence-electron chi connectivity index (χ1n) is 8.84. The molecule has 0 saturated carbocycles. The number of rotatable bonds is 2. The number of aromatic nitrogens is 3. The van der Waals surface area contributed by atoms with Crippen LogP contribution in [-0.4, -0.2) is 14.0 Å². The van der Waals surface area contributed by atoms with Gasteiger partial charge in [0.05, 0.1) is 22.4 Å². The van der Waals surface area contributed by atoms with Crippen LogP contribution in [0.5, 0.6) is 0 Å². The second-order valence-electron chi connectivity index (χ2n) is 6.78. The summed E-state index contributed by atoms with van der Waals surface area (Å²) in [5.41, 5.74) is 8.13. The van der Waals surface area contributed by atoms with Gasteiger partial charge in [-0.2, -0.15) is 0 Å². The molecule has 0 aliphatic rings. The van der Waals surface area contributed by atoms with Crippen LogP contribution in [0.4, 0.5) is 0 Å². The zero-order valence-corrected chi connectivity index (χ0v) is 14.8. The summed E-state index contributed by atoms with van der Waals surface area (Å²) in [6.07, 6.45) is 2.20. The SMILES string of the molecule is Cc1ccc(C)c(-n2c(-c3ccccc3)cn3c4ccccc4nc23)c1. The van der Waals surface area contributed by atoms with Crippen molar-refractivity contribution in [3.8, 4) is 16.9 Å². The summed E-state index contributed by atoms with van der Waals surface area (Å²) in [5.74, 6) is 0.943. The van der Waals surface area contributed by atoms with Gasteiger partial charge in [-0.25, -0.2) is 4.98 Å². The van der Waals surface area contributed by atoms with E-state index in [4.69, 9.17) is 4.98 Å². The number of nitrogens with zero attached hydrogens (tertiary/aromatic N) is 3. The van der Waals surface area contributed by atoms with Gasteiger partial charge >= 0.3 is 0 Å². The summed E-state index contributed by atoms with van der Waals surface area (Å²) < 4.78 is 4.47. The molecule has 5 aromatic rings. The average Bonchev–Trinajstić information content (AvgIpc) is 3.20. The predicted molar refractivity (Wildman–Crippen MR) is 107 cm³/mol. The van der Waals surface area contributed by atoms with E-state index in [0.29, 0.717) is 0 Å². The van der Waals surface area contributed by atoms with Crippen LogP contribution in [0.2, 0.25) is 0 Å². The molecular formula is C23H19N3. The number of benzene rings is 3. The fourth-order valence-corrected chi connectivity index (χ4v) is 3.61. The summed E-state index contributed by atoms with van der Waals surface area (Å²) in [5, 5.41) is 0. The summed E-state index contributed by atoms with van der Waals surface area (Å²) in [6.45, 7) is 4.29. The largest absolute Gasteiger partial charge is 0.283 e. The molecule has 0 spiro atoms. The zero-order chi connectivity index (χ0) is 17.7. The minimum atomic E-state index is 0.943. The third-order valence-electron chi connectivity index (χ3n) is 4.94. The predicted octanol–water partition coefficient (Wildman–Crippen LogP) is 5.56. The van der Waals surface area contributed by atoms with Crippen molar-refractivity contribution in [2.75, 3.05) is 0 Å². The third kappa shape index (κ3) is 2.17. The van der Waals surface area contributed by atoms with Crippen LogP contribution in [0.15, 0.2) is 79.0 Å². The normalized spacial score (nSPS) is 11.5. The van der Waals surface area contributed by atoms with Gasteiger partial charge in [0.1, 0.15) is 0 Å². The van der Waals surface area contributed by atoms with E-state index in [1.165, 1.54) is 22.4 Å². The van der Waals surface area contributed by atoms with Crippen molar-refractivity contribution in [1.82, 2.24) is 14.0 Å². The van der Waals surface area contributed by atoms with Gasteiger partial charge in [0.2, 0.25) is 5.78 Å². The summed E-state index contributed by atoms with van der Waals surface area (Å²) in [4.78, 5) is 4.93. The molecule has 2 heterocycles. The Labute approximate surface area is 152 Å². The number of aryl methyl sites for hydroxylation is 2. The van der Waals surface area contributed by atoms with Crippen LogP contribution in [0.25, 0.3) is 33.8 Å². The van der Waals surface area contributed by atoms with Crippen LogP contribution in [-0.2, 0) is 0 Å². The molecular weight excluding hydrogens is 318 g/mol. The highest BCUT2D eigenvalue weighted by molar-refractivity contribution is 5.82. The molecule has 0 bridgehead atoms. The molecule has 0 aliphatic carbocycles. The van der Waals surface area contributed by atoms with Crippen molar-refractivity contribution in [3.05, 3.63) is 90.1 Å². The third-order valence-corrected chi connectivity index (χ3v) is 4.94. The Morgan fingerprint density at radius 1 is 0.808 bits per heavy atom. The van der Waals surface area contributed by atoms with Crippen LogP contribution in [0.3, 0.4) is 0 Å². The molecule has 0 atom stereocenters. The molecule has 0 saturated heterocycles. The summed E-state index contributed by atoms with van der Waals surface area (Å²) in [6, 6.07) is 25.4. The zero-order valence-electron chi connectivity index (χ0n) is 14.8. The van der Waals surface area contributed by atoms with Gasteiger partial charge in [-0.05, 0) is 43.2 Å². The van der Waals surface area contributed by atoms with E-state index in [-0.39, 0.29) is 0 Å². The molecule has 0 fully saturated rings. The molecule has 26 heavy (non-hydrogen) atoms. The molecule has 0 amide bonds. The van der Waals surface area contributed by atoms with E-state index in [1.54, 1.807) is 0 Å². The Morgan fingerprint density at radius 2 is 1.58 bits per heavy atom. The monoisotopic (exact) mass is 337 g/mol. The highest BCUT2D eigenvalue weighted by Crippen LogP contribution is 2.31. The van der Waals surface area contributed by atoms with Crippen LogP contribution < -0.4 is 0 Å². The number of imidazole rings is 2. The van der Waals surface area contributed by atoms with Gasteiger partial charge in [0, 0.05) is 11.8 Å². The van der Waals surface area contributed by atoms with Crippen LogP contribution >= 0.6 is 0 Å². The minimum Gasteiger partial charge on any atom is -0.283 e. The van der Waals surface area contributed by atoms with E-state index < -0.39 is 0 Å². The first-order valence-corrected chi connectivity index (χ1v) is 8.84. The summed E-state index contributed by atoms with van der Waals surface area (Å²) in [7, 11) is 0. The van der Waals surface area contributed by atoms with E-state index in [0.717, 1.165) is 22.5 Å². The summed E-state index contributed by atoms with van der Waals surface area (Å²) >= 11 is 0. The Bertz CT molecular complexity index is 1240. The number of hydrogen-bond donors (Lipinski definition) is 0. The molecule has 0 radical (unpaired) electrons. The maximum Gasteiger partial charge on any atom is 0.220 e. The first-order chi connectivity index (χ1) is 12.7. The highest BCUT2D eigenvalue weighted by atomic mass is 15.2. The fourth-order valence-electron chi connectivity index (χ4n) is 3.61. The topological polar surface area (TPSA) is 22.2 Å². The van der Waals surface area contributed by atoms with Gasteiger partial charge in [-0.1, -0.05) is 54.6 Å². The lowest BCUT2D eigenvalue weighted by molar-refractivity contribution is 1.06. The Morgan fingerprint density at radius 3 is 2.42 bits per heavy atom. The van der Waals surface area contributed by atoms with Crippen molar-refractivity contribution in [3.63, 3.8) is 0 Å². The first kappa shape index (κ1) is 15.0. The lowest BCUT2D eigenvalue weighted by Gasteiger charge is -2.12. The molecule has 3 aromatic carbocycles. The molecule has 2 aromatic heterocycles. The van der Waals surface area contributed by atoms with E-state index in [9.17, 15) is 0 Å². The molecule has 0 N–H and O–H groups in total. The van der Waals surface area contributed by atoms with E-state index in [2.05, 4.69) is 95.7 Å².